The monoisotopic (exact) mass is 895 g/mol. The van der Waals surface area contributed by atoms with Gasteiger partial charge in [-0.15, -0.1) is 20.5 Å². The minimum absolute atomic E-state index is 0.0139. The summed E-state index contributed by atoms with van der Waals surface area (Å²) in [4.78, 5) is 8.20. The molecule has 0 radical (unpaired) electrons. The van der Waals surface area contributed by atoms with Gasteiger partial charge in [0.05, 0.1) is 21.0 Å². The smallest absolute Gasteiger partial charge is 0.295 e. The quantitative estimate of drug-likeness (QED) is 0.0563. The molecule has 0 saturated heterocycles. The summed E-state index contributed by atoms with van der Waals surface area (Å²) in [5.41, 5.74) is 3.09. The fourth-order valence-corrected chi connectivity index (χ4v) is 8.29. The van der Waals surface area contributed by atoms with Gasteiger partial charge in [0.2, 0.25) is 5.13 Å². The van der Waals surface area contributed by atoms with Gasteiger partial charge in [-0.3, -0.25) is 13.7 Å². The topological polar surface area (TPSA) is 286 Å². The lowest BCUT2D eigenvalue weighted by atomic mass is 10.1. The largest absolute Gasteiger partial charge is 0.339 e. The molecule has 0 aliphatic rings. The molecule has 5 aromatic carbocycles. The average molecular weight is 896 g/mol. The van der Waals surface area contributed by atoms with Gasteiger partial charge in [-0.1, -0.05) is 65.4 Å². The van der Waals surface area contributed by atoms with Gasteiger partial charge in [-0.05, 0) is 79.9 Å². The van der Waals surface area contributed by atoms with E-state index in [0.717, 1.165) is 41.2 Å². The van der Waals surface area contributed by atoms with Crippen molar-refractivity contribution in [1.82, 2.24) is 9.97 Å². The number of aromatic nitrogens is 2. The van der Waals surface area contributed by atoms with Crippen LogP contribution in [0.1, 0.15) is 16.7 Å². The fourth-order valence-electron chi connectivity index (χ4n) is 5.86. The maximum atomic E-state index is 12.3. The van der Waals surface area contributed by atoms with Crippen molar-refractivity contribution in [3.63, 3.8) is 0 Å². The highest BCUT2D eigenvalue weighted by Gasteiger charge is 2.21. The van der Waals surface area contributed by atoms with E-state index in [9.17, 15) is 44.2 Å². The maximum Gasteiger partial charge on any atom is 0.295 e. The molecular weight excluding hydrogens is 867 g/mol. The van der Waals surface area contributed by atoms with Crippen molar-refractivity contribution in [1.29, 1.82) is 5.26 Å². The number of fused-ring (bicyclic) bond motifs is 1. The van der Waals surface area contributed by atoms with E-state index in [2.05, 4.69) is 47.1 Å². The fraction of sp³-hybridized carbons (Fsp3) is 0.0513. The van der Waals surface area contributed by atoms with E-state index in [1.807, 2.05) is 31.2 Å². The molecule has 5 N–H and O–H groups in total. The Kier molecular flexibility index (Phi) is 11.6. The Morgan fingerprint density at radius 2 is 1.25 bits per heavy atom. The zero-order valence-electron chi connectivity index (χ0n) is 31.4. The molecule has 2 heterocycles. The number of hydrogen-bond donors (Lipinski definition) is 5. The van der Waals surface area contributed by atoms with Gasteiger partial charge in [-0.25, -0.2) is 9.97 Å². The molecular formula is C39H29N9O9S4. The Morgan fingerprint density at radius 1 is 0.656 bits per heavy atom. The van der Waals surface area contributed by atoms with Crippen LogP contribution in [0.25, 0.3) is 22.0 Å². The normalized spacial score (nSPS) is 12.3. The van der Waals surface area contributed by atoms with Crippen molar-refractivity contribution in [2.75, 3.05) is 10.6 Å². The molecule has 0 bridgehead atoms. The Bertz CT molecular complexity index is 3300. The van der Waals surface area contributed by atoms with Crippen LogP contribution in [0.15, 0.2) is 144 Å². The summed E-state index contributed by atoms with van der Waals surface area (Å²) >= 11 is 0.989. The number of nitrogens with one attached hydrogen (secondary N) is 2. The molecule has 0 aliphatic heterocycles. The second-order valence-corrected chi connectivity index (χ2v) is 18.3. The zero-order chi connectivity index (χ0) is 43.7. The van der Waals surface area contributed by atoms with Gasteiger partial charge in [0.1, 0.15) is 22.3 Å². The Morgan fingerprint density at radius 3 is 1.82 bits per heavy atom. The van der Waals surface area contributed by atoms with E-state index < -0.39 is 30.4 Å². The highest BCUT2D eigenvalue weighted by atomic mass is 32.2. The summed E-state index contributed by atoms with van der Waals surface area (Å²) in [6, 6.07) is 28.9. The second kappa shape index (κ2) is 16.7. The number of nitriles is 1. The summed E-state index contributed by atoms with van der Waals surface area (Å²) in [6.07, 6.45) is 0. The first kappa shape index (κ1) is 42.3. The van der Waals surface area contributed by atoms with Crippen molar-refractivity contribution < 1.29 is 38.9 Å². The zero-order valence-corrected chi connectivity index (χ0v) is 34.7. The number of anilines is 4. The van der Waals surface area contributed by atoms with Crippen molar-refractivity contribution in [3.05, 3.63) is 126 Å². The molecule has 0 fully saturated rings. The molecule has 0 aliphatic carbocycles. The molecule has 61 heavy (non-hydrogen) atoms. The first-order valence-corrected chi connectivity index (χ1v) is 22.6. The SMILES string of the molecule is Cc1ccc(-c2nc(N=Nc3c(Nc4ccc(S(=O)(=O)O)cc4)nc(Nc4ccc(S(=O)(=O)O)cc4)c(C#N)c3C)sc2N=Nc2cc(S(=O)(=O)O)c3ccccc3c2)cc1. The molecule has 0 spiro atoms. The van der Waals surface area contributed by atoms with Gasteiger partial charge in [0.15, 0.2) is 16.6 Å². The summed E-state index contributed by atoms with van der Waals surface area (Å²) < 4.78 is 99.9. The standard InChI is InChI=1S/C39H29N9O9S4/c1-22-7-9-24(10-8-22)35-38(47-45-28-19-25-5-3-4-6-31(25)33(20-28)61(55,56)57)58-39(43-35)48-46-34-23(2)32(21-40)36(41-26-11-15-29(16-12-26)59(49,50)51)44-37(34)42-27-13-17-30(18-14-27)60(52,53)54/h3-20H,1-2H3,(H2,41,42,44)(H,49,50,51)(H,52,53,54)(H,55,56,57). The third-order valence-electron chi connectivity index (χ3n) is 8.86. The van der Waals surface area contributed by atoms with Gasteiger partial charge in [0.25, 0.3) is 30.4 Å². The molecule has 0 atom stereocenters. The first-order chi connectivity index (χ1) is 28.9. The number of benzene rings is 5. The van der Waals surface area contributed by atoms with Crippen LogP contribution >= 0.6 is 11.3 Å². The third kappa shape index (κ3) is 9.64. The lowest BCUT2D eigenvalue weighted by molar-refractivity contribution is 0.481. The summed E-state index contributed by atoms with van der Waals surface area (Å²) in [5.74, 6) is 0.0399. The molecule has 2 aromatic heterocycles. The minimum atomic E-state index is -4.62. The van der Waals surface area contributed by atoms with Crippen LogP contribution in [0.5, 0.6) is 0 Å². The lowest BCUT2D eigenvalue weighted by Crippen LogP contribution is -2.05. The molecule has 7 rings (SSSR count). The minimum Gasteiger partial charge on any atom is -0.339 e. The Balaban J connectivity index is 1.32. The van der Waals surface area contributed by atoms with E-state index in [-0.39, 0.29) is 59.0 Å². The molecule has 0 unspecified atom stereocenters. The molecule has 0 amide bonds. The number of aryl methyl sites for hydroxylation is 1. The van der Waals surface area contributed by atoms with E-state index >= 15 is 0 Å². The Labute approximate surface area is 352 Å². The molecule has 22 heteroatoms. The molecule has 0 saturated carbocycles. The first-order valence-electron chi connectivity index (χ1n) is 17.4. The predicted octanol–water partition coefficient (Wildman–Crippen LogP) is 9.90. The second-order valence-electron chi connectivity index (χ2n) is 13.1. The maximum absolute atomic E-state index is 12.3. The van der Waals surface area contributed by atoms with E-state index in [4.69, 9.17) is 0 Å². The summed E-state index contributed by atoms with van der Waals surface area (Å²) in [5, 5.41) is 35.0. The van der Waals surface area contributed by atoms with E-state index in [1.165, 1.54) is 30.3 Å². The number of thiazole rings is 1. The van der Waals surface area contributed by atoms with Crippen LogP contribution in [0.3, 0.4) is 0 Å². The van der Waals surface area contributed by atoms with Crippen LogP contribution in [-0.2, 0) is 30.4 Å². The van der Waals surface area contributed by atoms with E-state index in [1.54, 1.807) is 37.3 Å². The van der Waals surface area contributed by atoms with Gasteiger partial charge >= 0.3 is 0 Å². The van der Waals surface area contributed by atoms with Crippen LogP contribution in [0.4, 0.5) is 44.5 Å². The number of hydrogen-bond acceptors (Lipinski definition) is 16. The Hall–Kier alpha value is -6.84. The summed E-state index contributed by atoms with van der Waals surface area (Å²) in [7, 11) is -13.6. The van der Waals surface area contributed by atoms with Gasteiger partial charge in [0, 0.05) is 27.9 Å². The lowest BCUT2D eigenvalue weighted by Gasteiger charge is -2.16. The van der Waals surface area contributed by atoms with Crippen molar-refractivity contribution in [3.8, 4) is 17.3 Å². The molecule has 7 aromatic rings. The highest BCUT2D eigenvalue weighted by molar-refractivity contribution is 7.86. The van der Waals surface area contributed by atoms with Crippen molar-refractivity contribution in [2.24, 2.45) is 20.5 Å². The van der Waals surface area contributed by atoms with Crippen LogP contribution in [0, 0.1) is 25.2 Å². The van der Waals surface area contributed by atoms with Crippen LogP contribution < -0.4 is 10.6 Å². The van der Waals surface area contributed by atoms with Crippen molar-refractivity contribution >= 4 is 97.0 Å². The van der Waals surface area contributed by atoms with Gasteiger partial charge in [-0.2, -0.15) is 30.5 Å². The number of nitrogens with zero attached hydrogens (tertiary/aromatic N) is 7. The van der Waals surface area contributed by atoms with E-state index in [0.29, 0.717) is 33.4 Å². The number of azo groups is 2. The summed E-state index contributed by atoms with van der Waals surface area (Å²) in [6.45, 7) is 3.50. The van der Waals surface area contributed by atoms with Crippen molar-refractivity contribution in [2.45, 2.75) is 28.5 Å². The van der Waals surface area contributed by atoms with Crippen LogP contribution in [-0.4, -0.2) is 48.9 Å². The number of pyridine rings is 1. The highest BCUT2D eigenvalue weighted by Crippen LogP contribution is 2.43. The third-order valence-corrected chi connectivity index (χ3v) is 12.3. The van der Waals surface area contributed by atoms with Gasteiger partial charge < -0.3 is 10.6 Å². The molecule has 308 valence electrons. The molecule has 18 nitrogen and oxygen atoms in total. The predicted molar refractivity (Wildman–Crippen MR) is 227 cm³/mol. The average Bonchev–Trinajstić information content (AvgIpc) is 3.62. The number of rotatable bonds is 12. The van der Waals surface area contributed by atoms with Crippen LogP contribution in [0.2, 0.25) is 0 Å².